The van der Waals surface area contributed by atoms with Crippen LogP contribution in [-0.4, -0.2) is 31.7 Å². The van der Waals surface area contributed by atoms with Crippen molar-refractivity contribution in [1.29, 1.82) is 0 Å². The standard InChI is InChI=1S/C19H16N4O5/c24-18(15-8-16(19(25)26)10-17(9-15)23(27)28)20-11-13-4-1-2-5-14(13)12-22-7-3-6-21-22/h1-10H,11-12H2,(H,20,24)(H,25,26). The maximum Gasteiger partial charge on any atom is 0.335 e. The fourth-order valence-electron chi connectivity index (χ4n) is 2.70. The molecule has 0 aliphatic rings. The molecule has 3 rings (SSSR count). The molecule has 3 aromatic rings. The average molecular weight is 380 g/mol. The molecule has 1 aromatic heterocycles. The van der Waals surface area contributed by atoms with Gasteiger partial charge in [0.15, 0.2) is 0 Å². The van der Waals surface area contributed by atoms with E-state index < -0.39 is 22.5 Å². The molecule has 0 aliphatic carbocycles. The number of nitrogens with zero attached hydrogens (tertiary/aromatic N) is 3. The van der Waals surface area contributed by atoms with Crippen LogP contribution < -0.4 is 5.32 Å². The monoisotopic (exact) mass is 380 g/mol. The highest BCUT2D eigenvalue weighted by Crippen LogP contribution is 2.18. The molecule has 1 heterocycles. The molecule has 0 saturated heterocycles. The number of rotatable bonds is 7. The van der Waals surface area contributed by atoms with Crippen LogP contribution in [-0.2, 0) is 13.1 Å². The third-order valence-electron chi connectivity index (χ3n) is 4.09. The fraction of sp³-hybridized carbons (Fsp3) is 0.105. The molecule has 28 heavy (non-hydrogen) atoms. The molecule has 1 amide bonds. The summed E-state index contributed by atoms with van der Waals surface area (Å²) in [4.78, 5) is 33.9. The molecule has 2 N–H and O–H groups in total. The molecule has 0 spiro atoms. The Morgan fingerprint density at radius 3 is 2.46 bits per heavy atom. The van der Waals surface area contributed by atoms with E-state index in [0.29, 0.717) is 6.54 Å². The Bertz CT molecular complexity index is 998. The van der Waals surface area contributed by atoms with Crippen LogP contribution in [0.2, 0.25) is 0 Å². The lowest BCUT2D eigenvalue weighted by molar-refractivity contribution is -0.384. The van der Waals surface area contributed by atoms with Crippen molar-refractivity contribution in [3.63, 3.8) is 0 Å². The zero-order valence-corrected chi connectivity index (χ0v) is 14.6. The highest BCUT2D eigenvalue weighted by molar-refractivity contribution is 5.98. The summed E-state index contributed by atoms with van der Waals surface area (Å²) in [7, 11) is 0. The number of carboxylic acid groups (broad SMARTS) is 1. The largest absolute Gasteiger partial charge is 0.478 e. The summed E-state index contributed by atoms with van der Waals surface area (Å²) in [6.07, 6.45) is 3.50. The summed E-state index contributed by atoms with van der Waals surface area (Å²) in [5, 5.41) is 26.9. The minimum absolute atomic E-state index is 0.0869. The van der Waals surface area contributed by atoms with Crippen LogP contribution in [0.25, 0.3) is 0 Å². The number of carbonyl (C=O) groups is 2. The normalized spacial score (nSPS) is 10.4. The van der Waals surface area contributed by atoms with Crippen LogP contribution in [0.3, 0.4) is 0 Å². The number of nitro groups is 1. The van der Waals surface area contributed by atoms with Crippen LogP contribution in [0.15, 0.2) is 60.9 Å². The number of nitrogens with one attached hydrogen (secondary N) is 1. The zero-order valence-electron chi connectivity index (χ0n) is 14.6. The maximum absolute atomic E-state index is 12.5. The van der Waals surface area contributed by atoms with Crippen molar-refractivity contribution in [2.45, 2.75) is 13.1 Å². The molecule has 0 aliphatic heterocycles. The number of hydrogen-bond donors (Lipinski definition) is 2. The van der Waals surface area contributed by atoms with Gasteiger partial charge in [-0.05, 0) is 23.3 Å². The van der Waals surface area contributed by atoms with Gasteiger partial charge in [-0.1, -0.05) is 24.3 Å². The quantitative estimate of drug-likeness (QED) is 0.479. The van der Waals surface area contributed by atoms with E-state index in [-0.39, 0.29) is 17.7 Å². The van der Waals surface area contributed by atoms with Gasteiger partial charge in [0.2, 0.25) is 0 Å². The van der Waals surface area contributed by atoms with E-state index in [2.05, 4.69) is 10.4 Å². The topological polar surface area (TPSA) is 127 Å². The lowest BCUT2D eigenvalue weighted by atomic mass is 10.1. The van der Waals surface area contributed by atoms with Gasteiger partial charge in [-0.25, -0.2) is 4.79 Å². The Morgan fingerprint density at radius 1 is 1.11 bits per heavy atom. The van der Waals surface area contributed by atoms with Crippen LogP contribution in [0.1, 0.15) is 31.8 Å². The second-order valence-electron chi connectivity index (χ2n) is 5.99. The summed E-state index contributed by atoms with van der Waals surface area (Å²) in [6.45, 7) is 0.709. The van der Waals surface area contributed by atoms with E-state index in [4.69, 9.17) is 5.11 Å². The van der Waals surface area contributed by atoms with E-state index in [0.717, 1.165) is 29.3 Å². The number of hydrogen-bond acceptors (Lipinski definition) is 5. The van der Waals surface area contributed by atoms with E-state index in [1.54, 1.807) is 10.9 Å². The van der Waals surface area contributed by atoms with Crippen molar-refractivity contribution in [2.24, 2.45) is 0 Å². The first-order valence-corrected chi connectivity index (χ1v) is 8.29. The van der Waals surface area contributed by atoms with Gasteiger partial charge in [0, 0.05) is 36.6 Å². The number of amides is 1. The van der Waals surface area contributed by atoms with Crippen LogP contribution >= 0.6 is 0 Å². The smallest absolute Gasteiger partial charge is 0.335 e. The van der Waals surface area contributed by atoms with Crippen molar-refractivity contribution in [2.75, 3.05) is 0 Å². The number of aromatic nitrogens is 2. The number of carbonyl (C=O) groups excluding carboxylic acids is 1. The number of benzene rings is 2. The summed E-state index contributed by atoms with van der Waals surface area (Å²) < 4.78 is 1.75. The first kappa shape index (κ1) is 18.8. The minimum Gasteiger partial charge on any atom is -0.478 e. The van der Waals surface area contributed by atoms with Crippen LogP contribution in [0.5, 0.6) is 0 Å². The molecule has 0 bridgehead atoms. The Hall–Kier alpha value is -4.01. The number of nitro benzene ring substituents is 1. The fourth-order valence-corrected chi connectivity index (χ4v) is 2.70. The second-order valence-corrected chi connectivity index (χ2v) is 5.99. The minimum atomic E-state index is -1.35. The zero-order chi connectivity index (χ0) is 20.1. The van der Waals surface area contributed by atoms with Crippen molar-refractivity contribution in [3.05, 3.63) is 93.3 Å². The summed E-state index contributed by atoms with van der Waals surface area (Å²) in [5.41, 5.74) is 0.950. The van der Waals surface area contributed by atoms with Crippen LogP contribution in [0, 0.1) is 10.1 Å². The molecule has 0 atom stereocenters. The highest BCUT2D eigenvalue weighted by Gasteiger charge is 2.17. The first-order chi connectivity index (χ1) is 13.4. The molecule has 0 saturated carbocycles. The third kappa shape index (κ3) is 4.39. The predicted octanol–water partition coefficient (Wildman–Crippen LogP) is 2.47. The molecule has 2 aromatic carbocycles. The van der Waals surface area contributed by atoms with Crippen LogP contribution in [0.4, 0.5) is 5.69 Å². The van der Waals surface area contributed by atoms with Gasteiger partial charge in [0.05, 0.1) is 17.0 Å². The highest BCUT2D eigenvalue weighted by atomic mass is 16.6. The Morgan fingerprint density at radius 2 is 1.82 bits per heavy atom. The Balaban J connectivity index is 1.78. The van der Waals surface area contributed by atoms with E-state index in [9.17, 15) is 19.7 Å². The van der Waals surface area contributed by atoms with Gasteiger partial charge in [0.25, 0.3) is 11.6 Å². The second kappa shape index (κ2) is 8.12. The summed E-state index contributed by atoms with van der Waals surface area (Å²) in [6, 6.07) is 12.4. The number of aromatic carboxylic acids is 1. The molecule has 0 fully saturated rings. The summed E-state index contributed by atoms with van der Waals surface area (Å²) >= 11 is 0. The summed E-state index contributed by atoms with van der Waals surface area (Å²) in [5.74, 6) is -1.94. The van der Waals surface area contributed by atoms with Gasteiger partial charge in [-0.2, -0.15) is 5.10 Å². The number of non-ortho nitro benzene ring substituents is 1. The predicted molar refractivity (Wildman–Crippen MR) is 99.0 cm³/mol. The first-order valence-electron chi connectivity index (χ1n) is 8.29. The number of carboxylic acids is 1. The maximum atomic E-state index is 12.5. The van der Waals surface area contributed by atoms with E-state index >= 15 is 0 Å². The Kier molecular flexibility index (Phi) is 5.45. The molecule has 142 valence electrons. The van der Waals surface area contributed by atoms with Gasteiger partial charge in [-0.15, -0.1) is 0 Å². The van der Waals surface area contributed by atoms with Gasteiger partial charge >= 0.3 is 5.97 Å². The van der Waals surface area contributed by atoms with E-state index in [1.807, 2.05) is 36.5 Å². The van der Waals surface area contributed by atoms with Crippen molar-refractivity contribution in [3.8, 4) is 0 Å². The van der Waals surface area contributed by atoms with Crippen molar-refractivity contribution in [1.82, 2.24) is 15.1 Å². The molecule has 0 radical (unpaired) electrons. The van der Waals surface area contributed by atoms with Crippen molar-refractivity contribution < 1.29 is 19.6 Å². The molecule has 9 heteroatoms. The van der Waals surface area contributed by atoms with Crippen molar-refractivity contribution >= 4 is 17.6 Å². The third-order valence-corrected chi connectivity index (χ3v) is 4.09. The van der Waals surface area contributed by atoms with Gasteiger partial charge < -0.3 is 10.4 Å². The molecular formula is C19H16N4O5. The SMILES string of the molecule is O=C(O)c1cc(C(=O)NCc2ccccc2Cn2cccn2)cc([N+](=O)[O-])c1. The van der Waals surface area contributed by atoms with Gasteiger partial charge in [0.1, 0.15) is 0 Å². The molecular weight excluding hydrogens is 364 g/mol. The molecule has 0 unspecified atom stereocenters. The average Bonchev–Trinajstić information content (AvgIpc) is 3.19. The lowest BCUT2D eigenvalue weighted by Gasteiger charge is -2.11. The van der Waals surface area contributed by atoms with E-state index in [1.165, 1.54) is 0 Å². The van der Waals surface area contributed by atoms with Gasteiger partial charge in [-0.3, -0.25) is 19.6 Å². The molecule has 9 nitrogen and oxygen atoms in total. The lowest BCUT2D eigenvalue weighted by Crippen LogP contribution is -2.24. The Labute approximate surface area is 159 Å².